The Morgan fingerprint density at radius 1 is 1.40 bits per heavy atom. The van der Waals surface area contributed by atoms with E-state index in [0.717, 1.165) is 29.4 Å². The standard InChI is InChI=1S/C22H23BN2O5/c1-2-16(26)4-3-9-28-22-19(12-24)18(14-5-6-14)11-21(25-22)30-17-7-8-20-15(10-17)13-29-23(20)27/h7-8,10-11,14,27H,2-6,9,13H2,1H3. The fraction of sp³-hybridized carbons (Fsp3) is 0.409. The first-order valence-electron chi connectivity index (χ1n) is 10.3. The minimum Gasteiger partial charge on any atom is -0.477 e. The van der Waals surface area contributed by atoms with Crippen LogP contribution in [-0.4, -0.2) is 29.5 Å². The molecule has 1 saturated carbocycles. The number of fused-ring (bicyclic) bond motifs is 1. The van der Waals surface area contributed by atoms with E-state index in [9.17, 15) is 15.1 Å². The minimum absolute atomic E-state index is 0.188. The number of aromatic nitrogens is 1. The maximum absolute atomic E-state index is 11.5. The number of ketones is 1. The molecular weight excluding hydrogens is 383 g/mol. The average Bonchev–Trinajstić information content (AvgIpc) is 3.54. The van der Waals surface area contributed by atoms with E-state index in [1.165, 1.54) is 0 Å². The molecule has 0 amide bonds. The third kappa shape index (κ3) is 4.48. The van der Waals surface area contributed by atoms with Gasteiger partial charge in [-0.05, 0) is 53.9 Å². The quantitative estimate of drug-likeness (QED) is 0.505. The van der Waals surface area contributed by atoms with E-state index in [2.05, 4.69) is 11.1 Å². The molecule has 8 heteroatoms. The predicted molar refractivity (Wildman–Crippen MR) is 110 cm³/mol. The van der Waals surface area contributed by atoms with Crippen molar-refractivity contribution in [3.8, 4) is 23.6 Å². The van der Waals surface area contributed by atoms with E-state index < -0.39 is 7.12 Å². The van der Waals surface area contributed by atoms with Crippen molar-refractivity contribution < 1.29 is 23.9 Å². The fourth-order valence-corrected chi connectivity index (χ4v) is 3.51. The molecule has 1 aromatic carbocycles. The van der Waals surface area contributed by atoms with Crippen LogP contribution in [0.15, 0.2) is 24.3 Å². The van der Waals surface area contributed by atoms with Gasteiger partial charge in [-0.25, -0.2) is 0 Å². The summed E-state index contributed by atoms with van der Waals surface area (Å²) in [6, 6.07) is 9.38. The lowest BCUT2D eigenvalue weighted by atomic mass is 9.80. The number of benzene rings is 1. The Morgan fingerprint density at radius 2 is 2.23 bits per heavy atom. The summed E-state index contributed by atoms with van der Waals surface area (Å²) in [4.78, 5) is 15.9. The third-order valence-corrected chi connectivity index (χ3v) is 5.35. The number of nitrogens with zero attached hydrogens (tertiary/aromatic N) is 2. The molecule has 2 aliphatic rings. The van der Waals surface area contributed by atoms with Crippen LogP contribution in [0.5, 0.6) is 17.5 Å². The Kier molecular flexibility index (Phi) is 6.02. The lowest BCUT2D eigenvalue weighted by molar-refractivity contribution is -0.118. The molecule has 2 aromatic rings. The molecule has 0 bridgehead atoms. The van der Waals surface area contributed by atoms with Crippen LogP contribution in [0.25, 0.3) is 0 Å². The Bertz CT molecular complexity index is 1000. The zero-order valence-electron chi connectivity index (χ0n) is 16.9. The summed E-state index contributed by atoms with van der Waals surface area (Å²) >= 11 is 0. The van der Waals surface area contributed by atoms with E-state index in [0.29, 0.717) is 55.6 Å². The number of nitriles is 1. The Labute approximate surface area is 175 Å². The van der Waals surface area contributed by atoms with Gasteiger partial charge in [-0.1, -0.05) is 13.0 Å². The number of pyridine rings is 1. The van der Waals surface area contributed by atoms with Crippen molar-refractivity contribution in [2.24, 2.45) is 0 Å². The molecule has 0 atom stereocenters. The largest absolute Gasteiger partial charge is 0.491 e. The molecule has 1 aliphatic carbocycles. The van der Waals surface area contributed by atoms with Gasteiger partial charge < -0.3 is 19.2 Å². The summed E-state index contributed by atoms with van der Waals surface area (Å²) in [5.41, 5.74) is 2.94. The number of hydrogen-bond acceptors (Lipinski definition) is 7. The Hall–Kier alpha value is -2.89. The van der Waals surface area contributed by atoms with Gasteiger partial charge in [0.1, 0.15) is 23.2 Å². The highest BCUT2D eigenvalue weighted by atomic mass is 16.5. The topological polar surface area (TPSA) is 102 Å². The first-order valence-corrected chi connectivity index (χ1v) is 10.3. The number of carbonyl (C=O) groups is 1. The molecule has 154 valence electrons. The summed E-state index contributed by atoms with van der Waals surface area (Å²) in [6.07, 6.45) is 3.59. The summed E-state index contributed by atoms with van der Waals surface area (Å²) in [5, 5.41) is 19.4. The van der Waals surface area contributed by atoms with Gasteiger partial charge in [0.25, 0.3) is 0 Å². The number of ether oxygens (including phenoxy) is 2. The molecule has 0 unspecified atom stereocenters. The van der Waals surface area contributed by atoms with Crippen LogP contribution in [0, 0.1) is 11.3 Å². The maximum atomic E-state index is 11.5. The fourth-order valence-electron chi connectivity index (χ4n) is 3.51. The molecular formula is C22H23BN2O5. The van der Waals surface area contributed by atoms with Crippen molar-refractivity contribution in [1.29, 1.82) is 5.26 Å². The van der Waals surface area contributed by atoms with Gasteiger partial charge >= 0.3 is 7.12 Å². The SMILES string of the molecule is CCC(=O)CCCOc1nc(Oc2ccc3c(c2)COB3O)cc(C2CC2)c1C#N. The van der Waals surface area contributed by atoms with E-state index in [-0.39, 0.29) is 11.7 Å². The lowest BCUT2D eigenvalue weighted by Crippen LogP contribution is -2.27. The molecule has 1 N–H and O–H groups in total. The van der Waals surface area contributed by atoms with Crippen molar-refractivity contribution in [2.75, 3.05) is 6.61 Å². The van der Waals surface area contributed by atoms with Gasteiger partial charge in [0.2, 0.25) is 11.8 Å². The monoisotopic (exact) mass is 406 g/mol. The Balaban J connectivity index is 1.55. The Morgan fingerprint density at radius 3 is 2.97 bits per heavy atom. The highest BCUT2D eigenvalue weighted by Crippen LogP contribution is 2.44. The van der Waals surface area contributed by atoms with Crippen LogP contribution in [0.1, 0.15) is 61.6 Å². The second kappa shape index (κ2) is 8.86. The van der Waals surface area contributed by atoms with E-state index in [1.807, 2.05) is 19.1 Å². The van der Waals surface area contributed by atoms with Gasteiger partial charge in [0.05, 0.1) is 13.2 Å². The maximum Gasteiger partial charge on any atom is 0.491 e. The second-order valence-electron chi connectivity index (χ2n) is 7.59. The summed E-state index contributed by atoms with van der Waals surface area (Å²) in [6.45, 7) is 2.48. The van der Waals surface area contributed by atoms with Gasteiger partial charge in [-0.2, -0.15) is 10.2 Å². The number of rotatable bonds is 9. The van der Waals surface area contributed by atoms with Gasteiger partial charge in [-0.3, -0.25) is 4.79 Å². The van der Waals surface area contributed by atoms with Crippen LogP contribution in [0.2, 0.25) is 0 Å². The molecule has 1 aromatic heterocycles. The van der Waals surface area contributed by atoms with E-state index >= 15 is 0 Å². The first kappa shape index (κ1) is 20.4. The molecule has 4 rings (SSSR count). The molecule has 1 fully saturated rings. The van der Waals surface area contributed by atoms with Crippen LogP contribution in [0.3, 0.4) is 0 Å². The summed E-state index contributed by atoms with van der Waals surface area (Å²) in [5.74, 6) is 1.69. The number of Topliss-reactive ketones (excluding diaryl/α,β-unsaturated/α-hetero) is 1. The molecule has 30 heavy (non-hydrogen) atoms. The van der Waals surface area contributed by atoms with Crippen LogP contribution >= 0.6 is 0 Å². The molecule has 0 spiro atoms. The summed E-state index contributed by atoms with van der Waals surface area (Å²) < 4.78 is 17.0. The van der Waals surface area contributed by atoms with Crippen molar-refractivity contribution in [2.45, 2.75) is 51.6 Å². The average molecular weight is 406 g/mol. The minimum atomic E-state index is -0.900. The lowest BCUT2D eigenvalue weighted by Gasteiger charge is -2.13. The zero-order chi connectivity index (χ0) is 21.1. The highest BCUT2D eigenvalue weighted by molar-refractivity contribution is 6.61. The zero-order valence-corrected chi connectivity index (χ0v) is 16.9. The molecule has 7 nitrogen and oxygen atoms in total. The van der Waals surface area contributed by atoms with Crippen LogP contribution < -0.4 is 14.9 Å². The van der Waals surface area contributed by atoms with E-state index in [1.54, 1.807) is 12.1 Å². The molecule has 1 aliphatic heterocycles. The van der Waals surface area contributed by atoms with Gasteiger partial charge in [0, 0.05) is 18.9 Å². The van der Waals surface area contributed by atoms with Gasteiger partial charge in [-0.15, -0.1) is 0 Å². The van der Waals surface area contributed by atoms with Crippen molar-refractivity contribution in [1.82, 2.24) is 4.98 Å². The van der Waals surface area contributed by atoms with Crippen molar-refractivity contribution in [3.05, 3.63) is 41.0 Å². The van der Waals surface area contributed by atoms with Gasteiger partial charge in [0.15, 0.2) is 0 Å². The molecule has 0 saturated heterocycles. The smallest absolute Gasteiger partial charge is 0.477 e. The van der Waals surface area contributed by atoms with Crippen molar-refractivity contribution in [3.63, 3.8) is 0 Å². The third-order valence-electron chi connectivity index (χ3n) is 5.35. The molecule has 2 heterocycles. The normalized spacial score (nSPS) is 14.9. The number of carbonyl (C=O) groups excluding carboxylic acids is 1. The highest BCUT2D eigenvalue weighted by Gasteiger charge is 2.30. The first-order chi connectivity index (χ1) is 14.6. The number of hydrogen-bond donors (Lipinski definition) is 1. The summed E-state index contributed by atoms with van der Waals surface area (Å²) in [7, 11) is -0.900. The molecule has 0 radical (unpaired) electrons. The van der Waals surface area contributed by atoms with Crippen LogP contribution in [-0.2, 0) is 16.1 Å². The second-order valence-corrected chi connectivity index (χ2v) is 7.59. The van der Waals surface area contributed by atoms with Crippen molar-refractivity contribution >= 4 is 18.4 Å². The van der Waals surface area contributed by atoms with E-state index in [4.69, 9.17) is 14.1 Å². The predicted octanol–water partition coefficient (Wildman–Crippen LogP) is 2.98. The van der Waals surface area contributed by atoms with Crippen LogP contribution in [0.4, 0.5) is 0 Å².